The molecule has 1 aliphatic heterocycles. The molecule has 2 amide bonds. The first-order chi connectivity index (χ1) is 11.7. The number of hydrogen-bond acceptors (Lipinski definition) is 3. The van der Waals surface area contributed by atoms with Crippen LogP contribution in [0.4, 0.5) is 0 Å². The van der Waals surface area contributed by atoms with Gasteiger partial charge in [-0.2, -0.15) is 0 Å². The van der Waals surface area contributed by atoms with Gasteiger partial charge in [0.25, 0.3) is 5.91 Å². The average Bonchev–Trinajstić information content (AvgIpc) is 2.61. The molecule has 1 heterocycles. The van der Waals surface area contributed by atoms with E-state index in [4.69, 9.17) is 4.74 Å². The Labute approximate surface area is 140 Å². The summed E-state index contributed by atoms with van der Waals surface area (Å²) >= 11 is 0. The zero-order chi connectivity index (χ0) is 16.9. The second kappa shape index (κ2) is 7.00. The average molecular weight is 322 g/mol. The molecule has 1 saturated heterocycles. The van der Waals surface area contributed by atoms with Crippen molar-refractivity contribution in [3.05, 3.63) is 71.4 Å². The van der Waals surface area contributed by atoms with Crippen LogP contribution in [0.5, 0.6) is 5.75 Å². The standard InChI is InChI=1S/C19H18N2O3/c1-24-15-9-7-14(8-10-15)12-17-19(23)20-16(18(22)21-17)11-13-5-3-2-4-6-13/h2-10,12,16H,11H2,1H3,(H,20,23)(H,21,22)/b17-12-/t16-/m0/s1. The molecular weight excluding hydrogens is 304 g/mol. The van der Waals surface area contributed by atoms with E-state index < -0.39 is 6.04 Å². The largest absolute Gasteiger partial charge is 0.497 e. The third-order valence-electron chi connectivity index (χ3n) is 3.83. The number of ether oxygens (including phenoxy) is 1. The van der Waals surface area contributed by atoms with Crippen LogP contribution in [0.2, 0.25) is 0 Å². The fraction of sp³-hybridized carbons (Fsp3) is 0.158. The van der Waals surface area contributed by atoms with Crippen LogP contribution in [0.3, 0.4) is 0 Å². The molecule has 0 unspecified atom stereocenters. The molecular formula is C19H18N2O3. The fourth-order valence-electron chi connectivity index (χ4n) is 2.54. The minimum Gasteiger partial charge on any atom is -0.497 e. The van der Waals surface area contributed by atoms with E-state index in [-0.39, 0.29) is 17.5 Å². The summed E-state index contributed by atoms with van der Waals surface area (Å²) in [5.41, 5.74) is 2.05. The third-order valence-corrected chi connectivity index (χ3v) is 3.83. The van der Waals surface area contributed by atoms with Gasteiger partial charge in [0.2, 0.25) is 5.91 Å². The van der Waals surface area contributed by atoms with Crippen molar-refractivity contribution in [2.24, 2.45) is 0 Å². The normalized spacial score (nSPS) is 18.9. The van der Waals surface area contributed by atoms with Crippen molar-refractivity contribution in [2.45, 2.75) is 12.5 Å². The summed E-state index contributed by atoms with van der Waals surface area (Å²) in [6.07, 6.45) is 2.11. The SMILES string of the molecule is COc1ccc(/C=C2\NC(=O)[C@H](Cc3ccccc3)NC2=O)cc1. The summed E-state index contributed by atoms with van der Waals surface area (Å²) in [5.74, 6) is 0.238. The Hall–Kier alpha value is -3.08. The van der Waals surface area contributed by atoms with E-state index in [1.165, 1.54) is 0 Å². The van der Waals surface area contributed by atoms with E-state index >= 15 is 0 Å². The van der Waals surface area contributed by atoms with Crippen LogP contribution in [-0.2, 0) is 16.0 Å². The van der Waals surface area contributed by atoms with Gasteiger partial charge in [-0.3, -0.25) is 9.59 Å². The van der Waals surface area contributed by atoms with Gasteiger partial charge in [-0.1, -0.05) is 42.5 Å². The molecule has 24 heavy (non-hydrogen) atoms. The number of nitrogens with one attached hydrogen (secondary N) is 2. The van der Waals surface area contributed by atoms with Crippen molar-refractivity contribution >= 4 is 17.9 Å². The number of amides is 2. The lowest BCUT2D eigenvalue weighted by molar-refractivity contribution is -0.131. The van der Waals surface area contributed by atoms with Crippen LogP contribution in [0.25, 0.3) is 6.08 Å². The van der Waals surface area contributed by atoms with Crippen LogP contribution < -0.4 is 15.4 Å². The van der Waals surface area contributed by atoms with Crippen LogP contribution in [0, 0.1) is 0 Å². The monoisotopic (exact) mass is 322 g/mol. The van der Waals surface area contributed by atoms with Crippen molar-refractivity contribution in [3.63, 3.8) is 0 Å². The predicted octanol–water partition coefficient (Wildman–Crippen LogP) is 1.89. The highest BCUT2D eigenvalue weighted by Crippen LogP contribution is 2.15. The topological polar surface area (TPSA) is 67.4 Å². The minimum atomic E-state index is -0.562. The van der Waals surface area contributed by atoms with Gasteiger partial charge in [-0.05, 0) is 29.3 Å². The molecule has 2 aromatic carbocycles. The second-order valence-corrected chi connectivity index (χ2v) is 5.54. The van der Waals surface area contributed by atoms with Crippen molar-refractivity contribution in [1.29, 1.82) is 0 Å². The van der Waals surface area contributed by atoms with Crippen molar-refractivity contribution in [3.8, 4) is 5.75 Å². The molecule has 0 aromatic heterocycles. The van der Waals surface area contributed by atoms with Crippen LogP contribution in [-0.4, -0.2) is 25.0 Å². The maximum absolute atomic E-state index is 12.3. The van der Waals surface area contributed by atoms with E-state index in [9.17, 15) is 9.59 Å². The number of carbonyl (C=O) groups excluding carboxylic acids is 2. The van der Waals surface area contributed by atoms with Gasteiger partial charge in [0.1, 0.15) is 17.5 Å². The second-order valence-electron chi connectivity index (χ2n) is 5.54. The summed E-state index contributed by atoms with van der Waals surface area (Å²) in [7, 11) is 1.59. The zero-order valence-corrected chi connectivity index (χ0v) is 13.3. The molecule has 3 rings (SSSR count). The quantitative estimate of drug-likeness (QED) is 0.845. The van der Waals surface area contributed by atoms with E-state index in [2.05, 4.69) is 10.6 Å². The molecule has 0 bridgehead atoms. The van der Waals surface area contributed by atoms with Gasteiger partial charge in [-0.25, -0.2) is 0 Å². The summed E-state index contributed by atoms with van der Waals surface area (Å²) < 4.78 is 5.10. The number of piperazine rings is 1. The van der Waals surface area contributed by atoms with Crippen molar-refractivity contribution < 1.29 is 14.3 Å². The highest BCUT2D eigenvalue weighted by atomic mass is 16.5. The summed E-state index contributed by atoms with van der Waals surface area (Å²) in [4.78, 5) is 24.5. The van der Waals surface area contributed by atoms with Gasteiger partial charge in [0.05, 0.1) is 7.11 Å². The van der Waals surface area contributed by atoms with Crippen LogP contribution in [0.1, 0.15) is 11.1 Å². The molecule has 1 fully saturated rings. The third kappa shape index (κ3) is 3.63. The van der Waals surface area contributed by atoms with Crippen LogP contribution >= 0.6 is 0 Å². The number of carbonyl (C=O) groups is 2. The summed E-state index contributed by atoms with van der Waals surface area (Å²) in [6.45, 7) is 0. The Morgan fingerprint density at radius 1 is 1.04 bits per heavy atom. The van der Waals surface area contributed by atoms with Crippen molar-refractivity contribution in [2.75, 3.05) is 7.11 Å². The Morgan fingerprint density at radius 3 is 2.42 bits per heavy atom. The fourth-order valence-corrected chi connectivity index (χ4v) is 2.54. The molecule has 0 saturated carbocycles. The van der Waals surface area contributed by atoms with Gasteiger partial charge in [-0.15, -0.1) is 0 Å². The molecule has 1 atom stereocenters. The number of methoxy groups -OCH3 is 1. The maximum atomic E-state index is 12.3. The lowest BCUT2D eigenvalue weighted by Crippen LogP contribution is -2.55. The molecule has 0 radical (unpaired) electrons. The van der Waals surface area contributed by atoms with E-state index in [0.717, 1.165) is 16.9 Å². The Morgan fingerprint density at radius 2 is 1.75 bits per heavy atom. The van der Waals surface area contributed by atoms with Gasteiger partial charge in [0, 0.05) is 6.42 Å². The maximum Gasteiger partial charge on any atom is 0.268 e. The lowest BCUT2D eigenvalue weighted by atomic mass is 10.0. The first kappa shape index (κ1) is 15.8. The van der Waals surface area contributed by atoms with Gasteiger partial charge >= 0.3 is 0 Å². The molecule has 0 spiro atoms. The molecule has 5 nitrogen and oxygen atoms in total. The number of hydrogen-bond donors (Lipinski definition) is 2. The molecule has 0 aliphatic carbocycles. The van der Waals surface area contributed by atoms with E-state index in [0.29, 0.717) is 6.42 Å². The zero-order valence-electron chi connectivity index (χ0n) is 13.3. The highest BCUT2D eigenvalue weighted by molar-refractivity contribution is 6.07. The van der Waals surface area contributed by atoms with Crippen molar-refractivity contribution in [1.82, 2.24) is 10.6 Å². The highest BCUT2D eigenvalue weighted by Gasteiger charge is 2.29. The predicted molar refractivity (Wildman–Crippen MR) is 91.2 cm³/mol. The Kier molecular flexibility index (Phi) is 4.61. The molecule has 5 heteroatoms. The first-order valence-electron chi connectivity index (χ1n) is 7.67. The number of benzene rings is 2. The lowest BCUT2D eigenvalue weighted by Gasteiger charge is -2.25. The Bertz CT molecular complexity index is 767. The number of rotatable bonds is 4. The van der Waals surface area contributed by atoms with Gasteiger partial charge < -0.3 is 15.4 Å². The summed E-state index contributed by atoms with van der Waals surface area (Å²) in [6, 6.07) is 16.3. The molecule has 1 aliphatic rings. The smallest absolute Gasteiger partial charge is 0.268 e. The molecule has 2 N–H and O–H groups in total. The molecule has 122 valence electrons. The minimum absolute atomic E-state index is 0.210. The van der Waals surface area contributed by atoms with Crippen LogP contribution in [0.15, 0.2) is 60.3 Å². The van der Waals surface area contributed by atoms with E-state index in [1.54, 1.807) is 25.3 Å². The summed E-state index contributed by atoms with van der Waals surface area (Å²) in [5, 5.41) is 5.46. The Balaban J connectivity index is 1.71. The van der Waals surface area contributed by atoms with E-state index in [1.807, 2.05) is 42.5 Å². The molecule has 2 aromatic rings. The van der Waals surface area contributed by atoms with Gasteiger partial charge in [0.15, 0.2) is 0 Å². The first-order valence-corrected chi connectivity index (χ1v) is 7.67.